The van der Waals surface area contributed by atoms with Crippen LogP contribution in [0.2, 0.25) is 0 Å². The van der Waals surface area contributed by atoms with Gasteiger partial charge in [0, 0.05) is 18.7 Å². The number of ether oxygens (including phenoxy) is 2. The van der Waals surface area contributed by atoms with Gasteiger partial charge in [0.15, 0.2) is 5.82 Å². The number of methoxy groups -OCH3 is 1. The van der Waals surface area contributed by atoms with Crippen molar-refractivity contribution in [3.05, 3.63) is 36.0 Å². The molecule has 20 heavy (non-hydrogen) atoms. The Balaban J connectivity index is 2.26. The number of aromatic nitrogens is 2. The van der Waals surface area contributed by atoms with E-state index in [2.05, 4.69) is 14.7 Å². The first-order valence-electron chi connectivity index (χ1n) is 5.76. The number of nitrogen functional groups attached to an aromatic ring is 1. The van der Waals surface area contributed by atoms with E-state index in [0.717, 1.165) is 0 Å². The van der Waals surface area contributed by atoms with Crippen molar-refractivity contribution >= 4 is 5.82 Å². The molecule has 2 aromatic rings. The van der Waals surface area contributed by atoms with Gasteiger partial charge in [-0.05, 0) is 24.3 Å². The van der Waals surface area contributed by atoms with Crippen molar-refractivity contribution in [2.24, 2.45) is 0 Å². The smallest absolute Gasteiger partial charge is 0.387 e. The lowest BCUT2D eigenvalue weighted by atomic mass is 10.2. The van der Waals surface area contributed by atoms with Gasteiger partial charge in [-0.3, -0.25) is 0 Å². The predicted molar refractivity (Wildman–Crippen MR) is 69.2 cm³/mol. The molecular weight excluding hydrogens is 268 g/mol. The van der Waals surface area contributed by atoms with E-state index < -0.39 is 6.61 Å². The third-order valence-electron chi connectivity index (χ3n) is 2.43. The second-order valence-electron chi connectivity index (χ2n) is 3.94. The largest absolute Gasteiger partial charge is 0.435 e. The van der Waals surface area contributed by atoms with E-state index in [1.807, 2.05) is 0 Å². The summed E-state index contributed by atoms with van der Waals surface area (Å²) in [5.74, 6) is 0.792. The van der Waals surface area contributed by atoms with Gasteiger partial charge >= 0.3 is 6.61 Å². The van der Waals surface area contributed by atoms with Crippen LogP contribution in [-0.4, -0.2) is 23.7 Å². The van der Waals surface area contributed by atoms with E-state index in [0.29, 0.717) is 29.5 Å². The van der Waals surface area contributed by atoms with Crippen molar-refractivity contribution in [1.82, 2.24) is 9.97 Å². The van der Waals surface area contributed by atoms with E-state index in [1.54, 1.807) is 25.3 Å². The monoisotopic (exact) mass is 281 g/mol. The van der Waals surface area contributed by atoms with Gasteiger partial charge in [-0.1, -0.05) is 0 Å². The number of rotatable bonds is 5. The third kappa shape index (κ3) is 3.61. The molecule has 0 spiro atoms. The van der Waals surface area contributed by atoms with Gasteiger partial charge in [-0.2, -0.15) is 8.78 Å². The normalized spacial score (nSPS) is 10.8. The molecule has 0 aliphatic heterocycles. The van der Waals surface area contributed by atoms with Crippen molar-refractivity contribution < 1.29 is 18.3 Å². The molecule has 0 fully saturated rings. The molecule has 1 aromatic carbocycles. The lowest BCUT2D eigenvalue weighted by Gasteiger charge is -2.07. The highest BCUT2D eigenvalue weighted by molar-refractivity contribution is 5.58. The summed E-state index contributed by atoms with van der Waals surface area (Å²) in [6.07, 6.45) is 0. The van der Waals surface area contributed by atoms with E-state index in [9.17, 15) is 8.78 Å². The molecule has 5 nitrogen and oxygen atoms in total. The SMILES string of the molecule is COCc1cc(N)nc(-c2ccc(OC(F)F)cc2)n1. The van der Waals surface area contributed by atoms with E-state index in [1.165, 1.54) is 12.1 Å². The molecule has 0 radical (unpaired) electrons. The first-order chi connectivity index (χ1) is 9.58. The molecule has 106 valence electrons. The fraction of sp³-hybridized carbons (Fsp3) is 0.231. The summed E-state index contributed by atoms with van der Waals surface area (Å²) >= 11 is 0. The van der Waals surface area contributed by atoms with Gasteiger partial charge < -0.3 is 15.2 Å². The first-order valence-corrected chi connectivity index (χ1v) is 5.76. The Labute approximate surface area is 114 Å². The topological polar surface area (TPSA) is 70.3 Å². The minimum atomic E-state index is -2.85. The number of hydrogen-bond acceptors (Lipinski definition) is 5. The van der Waals surface area contributed by atoms with Crippen LogP contribution in [0.5, 0.6) is 5.75 Å². The summed E-state index contributed by atoms with van der Waals surface area (Å²) in [7, 11) is 1.55. The number of halogens is 2. The summed E-state index contributed by atoms with van der Waals surface area (Å²) in [5.41, 5.74) is 6.98. The molecule has 0 atom stereocenters. The van der Waals surface area contributed by atoms with Crippen LogP contribution in [0.4, 0.5) is 14.6 Å². The zero-order valence-electron chi connectivity index (χ0n) is 10.7. The third-order valence-corrected chi connectivity index (χ3v) is 2.43. The van der Waals surface area contributed by atoms with Crippen molar-refractivity contribution in [1.29, 1.82) is 0 Å². The lowest BCUT2D eigenvalue weighted by Crippen LogP contribution is -2.02. The van der Waals surface area contributed by atoms with Gasteiger partial charge in [0.25, 0.3) is 0 Å². The molecule has 2 N–H and O–H groups in total. The van der Waals surface area contributed by atoms with Gasteiger partial charge in [0.2, 0.25) is 0 Å². The van der Waals surface area contributed by atoms with E-state index in [-0.39, 0.29) is 5.75 Å². The summed E-state index contributed by atoms with van der Waals surface area (Å²) in [5, 5.41) is 0. The molecule has 0 bridgehead atoms. The first kappa shape index (κ1) is 14.1. The molecule has 2 rings (SSSR count). The average molecular weight is 281 g/mol. The Morgan fingerprint density at radius 3 is 2.50 bits per heavy atom. The summed E-state index contributed by atoms with van der Waals surface area (Å²) in [6.45, 7) is -2.54. The van der Waals surface area contributed by atoms with Crippen LogP contribution in [0.15, 0.2) is 30.3 Å². The number of nitrogens with two attached hydrogens (primary N) is 1. The highest BCUT2D eigenvalue weighted by atomic mass is 19.3. The van der Waals surface area contributed by atoms with Crippen molar-refractivity contribution in [3.63, 3.8) is 0 Å². The van der Waals surface area contributed by atoms with E-state index in [4.69, 9.17) is 10.5 Å². The Kier molecular flexibility index (Phi) is 4.41. The van der Waals surface area contributed by atoms with Crippen LogP contribution in [-0.2, 0) is 11.3 Å². The van der Waals surface area contributed by atoms with Gasteiger partial charge in [0.1, 0.15) is 11.6 Å². The van der Waals surface area contributed by atoms with Crippen LogP contribution in [0.25, 0.3) is 11.4 Å². The predicted octanol–water partition coefficient (Wildman–Crippen LogP) is 2.47. The molecule has 0 aliphatic rings. The molecule has 1 heterocycles. The minimum absolute atomic E-state index is 0.0739. The Morgan fingerprint density at radius 1 is 1.20 bits per heavy atom. The molecule has 7 heteroatoms. The maximum atomic E-state index is 12.1. The highest BCUT2D eigenvalue weighted by Gasteiger charge is 2.08. The molecule has 0 unspecified atom stereocenters. The minimum Gasteiger partial charge on any atom is -0.435 e. The highest BCUT2D eigenvalue weighted by Crippen LogP contribution is 2.21. The zero-order valence-corrected chi connectivity index (χ0v) is 10.7. The molecule has 0 amide bonds. The molecule has 0 saturated carbocycles. The van der Waals surface area contributed by atoms with Crippen LogP contribution >= 0.6 is 0 Å². The van der Waals surface area contributed by atoms with Gasteiger partial charge in [-0.15, -0.1) is 0 Å². The van der Waals surface area contributed by atoms with Gasteiger partial charge in [-0.25, -0.2) is 9.97 Å². The second kappa shape index (κ2) is 6.25. The number of anilines is 1. The standard InChI is InChI=1S/C13H13F2N3O2/c1-19-7-9-6-11(16)18-12(17-9)8-2-4-10(5-3-8)20-13(14)15/h2-6,13H,7H2,1H3,(H2,16,17,18). The average Bonchev–Trinajstić information content (AvgIpc) is 2.38. The van der Waals surface area contributed by atoms with Gasteiger partial charge in [0.05, 0.1) is 12.3 Å². The number of alkyl halides is 2. The summed E-state index contributed by atoms with van der Waals surface area (Å²) in [6, 6.07) is 7.63. The Hall–Kier alpha value is -2.28. The Morgan fingerprint density at radius 2 is 1.90 bits per heavy atom. The lowest BCUT2D eigenvalue weighted by molar-refractivity contribution is -0.0498. The quantitative estimate of drug-likeness (QED) is 0.911. The maximum Gasteiger partial charge on any atom is 0.387 e. The van der Waals surface area contributed by atoms with Crippen LogP contribution in [0.3, 0.4) is 0 Å². The van der Waals surface area contributed by atoms with Crippen molar-refractivity contribution in [3.8, 4) is 17.1 Å². The zero-order chi connectivity index (χ0) is 14.5. The molecule has 1 aromatic heterocycles. The molecular formula is C13H13F2N3O2. The fourth-order valence-corrected chi connectivity index (χ4v) is 1.65. The van der Waals surface area contributed by atoms with Crippen LogP contribution < -0.4 is 10.5 Å². The van der Waals surface area contributed by atoms with Crippen LogP contribution in [0.1, 0.15) is 5.69 Å². The second-order valence-corrected chi connectivity index (χ2v) is 3.94. The van der Waals surface area contributed by atoms with Crippen LogP contribution in [0, 0.1) is 0 Å². The number of hydrogen-bond donors (Lipinski definition) is 1. The number of benzene rings is 1. The summed E-state index contributed by atoms with van der Waals surface area (Å²) in [4.78, 5) is 8.38. The summed E-state index contributed by atoms with van der Waals surface area (Å²) < 4.78 is 33.4. The van der Waals surface area contributed by atoms with E-state index >= 15 is 0 Å². The van der Waals surface area contributed by atoms with Crippen molar-refractivity contribution in [2.75, 3.05) is 12.8 Å². The fourth-order valence-electron chi connectivity index (χ4n) is 1.65. The molecule has 0 aliphatic carbocycles. The maximum absolute atomic E-state index is 12.1. The number of nitrogens with zero attached hydrogens (tertiary/aromatic N) is 2. The molecule has 0 saturated heterocycles. The Bertz CT molecular complexity index is 576. The van der Waals surface area contributed by atoms with Crippen molar-refractivity contribution in [2.45, 2.75) is 13.2 Å².